The molecule has 1 aliphatic heterocycles. The molecule has 0 saturated carbocycles. The quantitative estimate of drug-likeness (QED) is 0.790. The lowest BCUT2D eigenvalue weighted by Gasteiger charge is -2.32. The average Bonchev–Trinajstić information content (AvgIpc) is 2.06. The number of hydrogen-bond acceptors (Lipinski definition) is 3. The first-order valence-corrected chi connectivity index (χ1v) is 4.48. The molecule has 0 radical (unpaired) electrons. The zero-order valence-electron chi connectivity index (χ0n) is 6.27. The maximum Gasteiger partial charge on any atom is 0.128 e. The summed E-state index contributed by atoms with van der Waals surface area (Å²) in [6.07, 6.45) is 1.08. The van der Waals surface area contributed by atoms with Crippen molar-refractivity contribution < 1.29 is 9.84 Å². The van der Waals surface area contributed by atoms with Gasteiger partial charge in [0.2, 0.25) is 0 Å². The molecule has 2 rings (SSSR count). The second kappa shape index (κ2) is 3.12. The highest BCUT2D eigenvalue weighted by molar-refractivity contribution is 9.10. The van der Waals surface area contributed by atoms with Gasteiger partial charge >= 0.3 is 0 Å². The molecular formula is C8H8BrNO2. The Morgan fingerprint density at radius 3 is 2.83 bits per heavy atom. The molecule has 0 aliphatic carbocycles. The van der Waals surface area contributed by atoms with Gasteiger partial charge in [-0.1, -0.05) is 0 Å². The smallest absolute Gasteiger partial charge is 0.128 e. The van der Waals surface area contributed by atoms with E-state index in [-0.39, 0.29) is 6.10 Å². The van der Waals surface area contributed by atoms with Gasteiger partial charge < -0.3 is 9.84 Å². The van der Waals surface area contributed by atoms with E-state index in [4.69, 9.17) is 4.74 Å². The van der Waals surface area contributed by atoms with E-state index in [0.717, 1.165) is 10.2 Å². The van der Waals surface area contributed by atoms with Crippen molar-refractivity contribution >= 4 is 15.9 Å². The number of nitrogens with zero attached hydrogens (tertiary/aromatic N) is 1. The van der Waals surface area contributed by atoms with Gasteiger partial charge in [0.15, 0.2) is 0 Å². The van der Waals surface area contributed by atoms with Crippen LogP contribution in [0.1, 0.15) is 11.8 Å². The molecule has 0 bridgehead atoms. The summed E-state index contributed by atoms with van der Waals surface area (Å²) < 4.78 is 6.07. The minimum absolute atomic E-state index is 0.224. The lowest BCUT2D eigenvalue weighted by Crippen LogP contribution is -2.37. The van der Waals surface area contributed by atoms with Crippen LogP contribution < -0.4 is 0 Å². The number of aliphatic hydroxyl groups is 1. The van der Waals surface area contributed by atoms with Crippen molar-refractivity contribution in [3.05, 3.63) is 28.5 Å². The van der Waals surface area contributed by atoms with Crippen LogP contribution in [-0.4, -0.2) is 22.8 Å². The van der Waals surface area contributed by atoms with Gasteiger partial charge in [0.1, 0.15) is 12.2 Å². The molecule has 1 aromatic heterocycles. The second-order valence-corrected chi connectivity index (χ2v) is 3.64. The van der Waals surface area contributed by atoms with E-state index in [1.54, 1.807) is 6.20 Å². The van der Waals surface area contributed by atoms with Crippen molar-refractivity contribution in [1.82, 2.24) is 4.98 Å². The summed E-state index contributed by atoms with van der Waals surface area (Å²) >= 11 is 3.28. The fraction of sp³-hybridized carbons (Fsp3) is 0.375. The first-order chi connectivity index (χ1) is 5.77. The van der Waals surface area contributed by atoms with Crippen LogP contribution in [0, 0.1) is 0 Å². The van der Waals surface area contributed by atoms with Crippen molar-refractivity contribution in [3.63, 3.8) is 0 Å². The predicted octanol–water partition coefficient (Wildman–Crippen LogP) is 1.28. The van der Waals surface area contributed by atoms with Gasteiger partial charge in [-0.15, -0.1) is 0 Å². The average molecular weight is 230 g/mol. The number of halogens is 1. The van der Waals surface area contributed by atoms with Crippen LogP contribution in [0.4, 0.5) is 0 Å². The largest absolute Gasteiger partial charge is 0.388 e. The molecule has 0 amide bonds. The molecule has 1 fully saturated rings. The molecule has 2 atom stereocenters. The molecule has 2 heterocycles. The van der Waals surface area contributed by atoms with Gasteiger partial charge in [0.25, 0.3) is 0 Å². The predicted molar refractivity (Wildman–Crippen MR) is 46.6 cm³/mol. The summed E-state index contributed by atoms with van der Waals surface area (Å²) in [4.78, 5) is 4.12. The lowest BCUT2D eigenvalue weighted by molar-refractivity contribution is -0.167. The maximum atomic E-state index is 9.25. The zero-order valence-corrected chi connectivity index (χ0v) is 7.86. The van der Waals surface area contributed by atoms with Crippen LogP contribution in [-0.2, 0) is 4.74 Å². The molecule has 0 aromatic carbocycles. The third-order valence-electron chi connectivity index (χ3n) is 1.84. The Kier molecular flexibility index (Phi) is 2.12. The van der Waals surface area contributed by atoms with E-state index >= 15 is 0 Å². The Morgan fingerprint density at radius 2 is 2.42 bits per heavy atom. The zero-order chi connectivity index (χ0) is 8.55. The minimum atomic E-state index is -0.390. The van der Waals surface area contributed by atoms with Crippen LogP contribution in [0.2, 0.25) is 0 Å². The topological polar surface area (TPSA) is 42.4 Å². The molecule has 3 nitrogen and oxygen atoms in total. The van der Waals surface area contributed by atoms with E-state index < -0.39 is 6.10 Å². The van der Waals surface area contributed by atoms with Gasteiger partial charge in [-0.05, 0) is 28.1 Å². The number of ether oxygens (including phenoxy) is 1. The molecule has 1 aromatic rings. The monoisotopic (exact) mass is 229 g/mol. The van der Waals surface area contributed by atoms with Crippen molar-refractivity contribution in [2.75, 3.05) is 6.61 Å². The van der Waals surface area contributed by atoms with Gasteiger partial charge in [-0.3, -0.25) is 4.98 Å². The fourth-order valence-corrected chi connectivity index (χ4v) is 1.35. The minimum Gasteiger partial charge on any atom is -0.388 e. The van der Waals surface area contributed by atoms with Gasteiger partial charge in [0.05, 0.1) is 12.3 Å². The summed E-state index contributed by atoms with van der Waals surface area (Å²) in [5.41, 5.74) is 0.789. The number of rotatable bonds is 1. The molecule has 1 aliphatic rings. The summed E-state index contributed by atoms with van der Waals surface area (Å²) in [7, 11) is 0. The third kappa shape index (κ3) is 1.37. The highest BCUT2D eigenvalue weighted by Crippen LogP contribution is 2.28. The molecule has 1 saturated heterocycles. The third-order valence-corrected chi connectivity index (χ3v) is 2.31. The number of pyridine rings is 1. The Balaban J connectivity index is 2.18. The Morgan fingerprint density at radius 1 is 1.58 bits per heavy atom. The van der Waals surface area contributed by atoms with Gasteiger partial charge in [-0.25, -0.2) is 0 Å². The van der Waals surface area contributed by atoms with Crippen LogP contribution in [0.25, 0.3) is 0 Å². The summed E-state index contributed by atoms with van der Waals surface area (Å²) in [5.74, 6) is 0. The van der Waals surface area contributed by atoms with E-state index in [2.05, 4.69) is 20.9 Å². The fourth-order valence-electron chi connectivity index (χ4n) is 1.12. The van der Waals surface area contributed by atoms with E-state index in [1.807, 2.05) is 12.1 Å². The molecule has 1 N–H and O–H groups in total. The normalized spacial score (nSPS) is 28.2. The Bertz CT molecular complexity index is 275. The molecule has 4 heteroatoms. The van der Waals surface area contributed by atoms with E-state index in [1.165, 1.54) is 0 Å². The Hall–Kier alpha value is -0.450. The van der Waals surface area contributed by atoms with Crippen LogP contribution >= 0.6 is 15.9 Å². The SMILES string of the molecule is OC1COC1c1ccc(Br)cn1. The summed E-state index contributed by atoms with van der Waals surface area (Å²) in [6.45, 7) is 0.419. The molecule has 64 valence electrons. The summed E-state index contributed by atoms with van der Waals surface area (Å²) in [6, 6.07) is 3.73. The number of aliphatic hydroxyl groups excluding tert-OH is 1. The van der Waals surface area contributed by atoms with Crippen LogP contribution in [0.5, 0.6) is 0 Å². The van der Waals surface area contributed by atoms with Crippen molar-refractivity contribution in [3.8, 4) is 0 Å². The van der Waals surface area contributed by atoms with Gasteiger partial charge in [-0.2, -0.15) is 0 Å². The number of hydrogen-bond donors (Lipinski definition) is 1. The van der Waals surface area contributed by atoms with Crippen molar-refractivity contribution in [1.29, 1.82) is 0 Å². The standard InChI is InChI=1S/C8H8BrNO2/c9-5-1-2-6(10-3-5)8-7(11)4-12-8/h1-3,7-8,11H,4H2. The summed E-state index contributed by atoms with van der Waals surface area (Å²) in [5, 5.41) is 9.25. The second-order valence-electron chi connectivity index (χ2n) is 2.72. The highest BCUT2D eigenvalue weighted by atomic mass is 79.9. The Labute approximate surface area is 78.5 Å². The molecule has 0 spiro atoms. The number of aromatic nitrogens is 1. The first-order valence-electron chi connectivity index (χ1n) is 3.68. The van der Waals surface area contributed by atoms with Crippen LogP contribution in [0.15, 0.2) is 22.8 Å². The molecular weight excluding hydrogens is 222 g/mol. The van der Waals surface area contributed by atoms with E-state index in [0.29, 0.717) is 6.61 Å². The van der Waals surface area contributed by atoms with Gasteiger partial charge in [0, 0.05) is 10.7 Å². The van der Waals surface area contributed by atoms with E-state index in [9.17, 15) is 5.11 Å². The molecule has 12 heavy (non-hydrogen) atoms. The first kappa shape index (κ1) is 8.16. The van der Waals surface area contributed by atoms with Crippen LogP contribution in [0.3, 0.4) is 0 Å². The lowest BCUT2D eigenvalue weighted by atomic mass is 10.1. The highest BCUT2D eigenvalue weighted by Gasteiger charge is 2.32. The van der Waals surface area contributed by atoms with Crippen molar-refractivity contribution in [2.45, 2.75) is 12.2 Å². The maximum absolute atomic E-state index is 9.25. The molecule has 2 unspecified atom stereocenters. The van der Waals surface area contributed by atoms with Crippen molar-refractivity contribution in [2.24, 2.45) is 0 Å².